The third-order valence-corrected chi connectivity index (χ3v) is 3.29. The predicted octanol–water partition coefficient (Wildman–Crippen LogP) is 2.89. The Labute approximate surface area is 117 Å². The molecule has 2 aromatic rings. The van der Waals surface area contributed by atoms with Gasteiger partial charge >= 0.3 is 0 Å². The quantitative estimate of drug-likeness (QED) is 0.656. The van der Waals surface area contributed by atoms with Crippen LogP contribution in [0.1, 0.15) is 15.9 Å². The normalized spacial score (nSPS) is 10.3. The van der Waals surface area contributed by atoms with E-state index in [2.05, 4.69) is 20.9 Å². The van der Waals surface area contributed by atoms with Crippen LogP contribution in [0.2, 0.25) is 5.02 Å². The summed E-state index contributed by atoms with van der Waals surface area (Å²) in [5.41, 5.74) is 12.6. The van der Waals surface area contributed by atoms with Gasteiger partial charge in [0.15, 0.2) is 5.78 Å². The fourth-order valence-corrected chi connectivity index (χ4v) is 1.99. The Kier molecular flexibility index (Phi) is 3.54. The summed E-state index contributed by atoms with van der Waals surface area (Å²) in [5, 5.41) is 0.363. The van der Waals surface area contributed by atoms with Crippen LogP contribution in [0.5, 0.6) is 0 Å². The Morgan fingerprint density at radius 3 is 2.67 bits per heavy atom. The second kappa shape index (κ2) is 4.96. The molecule has 0 saturated carbocycles. The molecule has 1 heterocycles. The maximum atomic E-state index is 12.2. The fourth-order valence-electron chi connectivity index (χ4n) is 1.46. The van der Waals surface area contributed by atoms with Crippen molar-refractivity contribution in [2.75, 3.05) is 11.5 Å². The predicted molar refractivity (Wildman–Crippen MR) is 75.6 cm³/mol. The number of carbonyl (C=O) groups is 1. The maximum absolute atomic E-state index is 12.2. The molecule has 0 radical (unpaired) electrons. The third-order valence-electron chi connectivity index (χ3n) is 2.39. The van der Waals surface area contributed by atoms with Crippen LogP contribution in [0, 0.1) is 0 Å². The average molecular weight is 327 g/mol. The molecule has 0 bridgehead atoms. The van der Waals surface area contributed by atoms with E-state index in [1.807, 2.05) is 0 Å². The molecule has 0 saturated heterocycles. The van der Waals surface area contributed by atoms with Crippen molar-refractivity contribution in [3.05, 3.63) is 51.1 Å². The average Bonchev–Trinajstić information content (AvgIpc) is 2.35. The molecular weight excluding hydrogens is 318 g/mol. The van der Waals surface area contributed by atoms with Crippen LogP contribution < -0.4 is 11.5 Å². The number of nitrogen functional groups attached to an aromatic ring is 2. The van der Waals surface area contributed by atoms with Gasteiger partial charge in [-0.25, -0.2) is 4.98 Å². The highest BCUT2D eigenvalue weighted by Crippen LogP contribution is 2.24. The van der Waals surface area contributed by atoms with Crippen LogP contribution in [0.15, 0.2) is 34.9 Å². The number of nitrogens with two attached hydrogens (primary N) is 2. The number of pyridine rings is 1. The van der Waals surface area contributed by atoms with Crippen LogP contribution in [0.25, 0.3) is 0 Å². The number of anilines is 2. The number of carbonyl (C=O) groups excluding carboxylic acids is 1. The smallest absolute Gasteiger partial charge is 0.196 e. The molecule has 2 rings (SSSR count). The van der Waals surface area contributed by atoms with E-state index >= 15 is 0 Å². The number of benzene rings is 1. The Hall–Kier alpha value is -1.59. The van der Waals surface area contributed by atoms with Crippen molar-refractivity contribution in [2.24, 2.45) is 0 Å². The number of halogens is 2. The summed E-state index contributed by atoms with van der Waals surface area (Å²) in [6.45, 7) is 0. The minimum atomic E-state index is -0.247. The van der Waals surface area contributed by atoms with E-state index in [-0.39, 0.29) is 17.2 Å². The molecule has 0 atom stereocenters. The summed E-state index contributed by atoms with van der Waals surface area (Å²) in [6.07, 6.45) is 1.40. The standard InChI is InChI=1S/C12H9BrClN3O/c13-9-3-6(1-2-10(9)15)11(18)8-4-7(14)5-17-12(8)16/h1-5H,15H2,(H2,16,17). The molecule has 4 N–H and O–H groups in total. The van der Waals surface area contributed by atoms with Gasteiger partial charge in [0.05, 0.1) is 10.6 Å². The highest BCUT2D eigenvalue weighted by Gasteiger charge is 2.14. The lowest BCUT2D eigenvalue weighted by molar-refractivity contribution is 0.103. The Bertz CT molecular complexity index is 631. The number of aromatic nitrogens is 1. The Balaban J connectivity index is 2.47. The second-order valence-corrected chi connectivity index (χ2v) is 4.94. The first-order valence-electron chi connectivity index (χ1n) is 5.00. The molecule has 18 heavy (non-hydrogen) atoms. The summed E-state index contributed by atoms with van der Waals surface area (Å²) < 4.78 is 0.655. The largest absolute Gasteiger partial charge is 0.398 e. The highest BCUT2D eigenvalue weighted by atomic mass is 79.9. The SMILES string of the molecule is Nc1ccc(C(=O)c2cc(Cl)cnc2N)cc1Br. The van der Waals surface area contributed by atoms with E-state index in [1.165, 1.54) is 12.3 Å². The van der Waals surface area contributed by atoms with Crippen LogP contribution in [0.3, 0.4) is 0 Å². The van der Waals surface area contributed by atoms with Gasteiger partial charge in [0.2, 0.25) is 0 Å². The maximum Gasteiger partial charge on any atom is 0.196 e. The van der Waals surface area contributed by atoms with E-state index < -0.39 is 0 Å². The van der Waals surface area contributed by atoms with Gasteiger partial charge in [-0.2, -0.15) is 0 Å². The molecule has 0 aliphatic heterocycles. The molecule has 92 valence electrons. The first kappa shape index (κ1) is 12.9. The van der Waals surface area contributed by atoms with E-state index in [9.17, 15) is 4.79 Å². The van der Waals surface area contributed by atoms with Gasteiger partial charge in [-0.15, -0.1) is 0 Å². The second-order valence-electron chi connectivity index (χ2n) is 3.65. The van der Waals surface area contributed by atoms with Gasteiger partial charge in [0.1, 0.15) is 5.82 Å². The first-order chi connectivity index (χ1) is 8.49. The minimum Gasteiger partial charge on any atom is -0.398 e. The molecule has 0 fully saturated rings. The third kappa shape index (κ3) is 2.47. The fraction of sp³-hybridized carbons (Fsp3) is 0. The molecule has 6 heteroatoms. The number of nitrogens with zero attached hydrogens (tertiary/aromatic N) is 1. The number of hydrogen-bond acceptors (Lipinski definition) is 4. The summed E-state index contributed by atoms with van der Waals surface area (Å²) in [6, 6.07) is 6.41. The zero-order valence-electron chi connectivity index (χ0n) is 9.15. The monoisotopic (exact) mass is 325 g/mol. The molecule has 4 nitrogen and oxygen atoms in total. The summed E-state index contributed by atoms with van der Waals surface area (Å²) >= 11 is 9.08. The van der Waals surface area contributed by atoms with Gasteiger partial charge in [0, 0.05) is 21.9 Å². The number of ketones is 1. The molecule has 0 unspecified atom stereocenters. The number of hydrogen-bond donors (Lipinski definition) is 2. The van der Waals surface area contributed by atoms with E-state index in [4.69, 9.17) is 23.1 Å². The lowest BCUT2D eigenvalue weighted by atomic mass is 10.0. The minimum absolute atomic E-state index is 0.150. The Morgan fingerprint density at radius 2 is 2.00 bits per heavy atom. The molecule has 0 spiro atoms. The zero-order chi connectivity index (χ0) is 13.3. The van der Waals surface area contributed by atoms with Gasteiger partial charge in [-0.1, -0.05) is 11.6 Å². The summed E-state index contributed by atoms with van der Waals surface area (Å²) in [4.78, 5) is 16.1. The lowest BCUT2D eigenvalue weighted by Gasteiger charge is -2.06. The van der Waals surface area contributed by atoms with Crippen LogP contribution in [-0.4, -0.2) is 10.8 Å². The molecular formula is C12H9BrClN3O. The van der Waals surface area contributed by atoms with E-state index in [1.54, 1.807) is 18.2 Å². The van der Waals surface area contributed by atoms with Crippen molar-refractivity contribution in [1.82, 2.24) is 4.98 Å². The van der Waals surface area contributed by atoms with Gasteiger partial charge in [-0.05, 0) is 40.2 Å². The van der Waals surface area contributed by atoms with Crippen molar-refractivity contribution in [1.29, 1.82) is 0 Å². The summed E-state index contributed by atoms with van der Waals surface area (Å²) in [5.74, 6) is -0.0967. The molecule has 0 amide bonds. The van der Waals surface area contributed by atoms with Crippen molar-refractivity contribution < 1.29 is 4.79 Å². The molecule has 0 aliphatic rings. The van der Waals surface area contributed by atoms with Gasteiger partial charge in [0.25, 0.3) is 0 Å². The topological polar surface area (TPSA) is 82.0 Å². The highest BCUT2D eigenvalue weighted by molar-refractivity contribution is 9.10. The van der Waals surface area contributed by atoms with Crippen molar-refractivity contribution in [3.63, 3.8) is 0 Å². The van der Waals surface area contributed by atoms with E-state index in [0.29, 0.717) is 20.7 Å². The van der Waals surface area contributed by atoms with Crippen molar-refractivity contribution in [3.8, 4) is 0 Å². The van der Waals surface area contributed by atoms with E-state index in [0.717, 1.165) is 0 Å². The Morgan fingerprint density at radius 1 is 1.28 bits per heavy atom. The van der Waals surface area contributed by atoms with Gasteiger partial charge < -0.3 is 11.5 Å². The van der Waals surface area contributed by atoms with Gasteiger partial charge in [-0.3, -0.25) is 4.79 Å². The van der Waals surface area contributed by atoms with Crippen LogP contribution in [-0.2, 0) is 0 Å². The summed E-state index contributed by atoms with van der Waals surface area (Å²) in [7, 11) is 0. The first-order valence-corrected chi connectivity index (χ1v) is 6.17. The van der Waals surface area contributed by atoms with Crippen molar-refractivity contribution in [2.45, 2.75) is 0 Å². The zero-order valence-corrected chi connectivity index (χ0v) is 11.5. The van der Waals surface area contributed by atoms with Crippen LogP contribution >= 0.6 is 27.5 Å². The lowest BCUT2D eigenvalue weighted by Crippen LogP contribution is -2.07. The van der Waals surface area contributed by atoms with Crippen molar-refractivity contribution >= 4 is 44.8 Å². The molecule has 1 aromatic heterocycles. The molecule has 1 aromatic carbocycles. The number of rotatable bonds is 2. The van der Waals surface area contributed by atoms with Crippen LogP contribution in [0.4, 0.5) is 11.5 Å². The molecule has 0 aliphatic carbocycles.